The lowest BCUT2D eigenvalue weighted by Crippen LogP contribution is -2.24. The number of ether oxygens (including phenoxy) is 1. The van der Waals surface area contributed by atoms with Crippen LogP contribution in [0.1, 0.15) is 72.8 Å². The molecule has 4 rings (SSSR count). The Morgan fingerprint density at radius 3 is 2.61 bits per heavy atom. The molecule has 1 heterocycles. The van der Waals surface area contributed by atoms with Gasteiger partial charge in [-0.2, -0.15) is 0 Å². The van der Waals surface area contributed by atoms with E-state index in [2.05, 4.69) is 67.1 Å². The molecule has 1 aromatic heterocycles. The number of imidazole rings is 1. The van der Waals surface area contributed by atoms with Crippen LogP contribution in [0.2, 0.25) is 5.02 Å². The molecule has 0 saturated carbocycles. The Labute approximate surface area is 231 Å². The molecule has 200 valence electrons. The Bertz CT molecular complexity index is 1360. The molecule has 0 radical (unpaired) electrons. The number of carbonyl (C=O) groups excluding carboxylic acids is 1. The molecule has 0 fully saturated rings. The highest BCUT2D eigenvalue weighted by molar-refractivity contribution is 6.33. The van der Waals surface area contributed by atoms with Gasteiger partial charge in [0.25, 0.3) is 5.91 Å². The van der Waals surface area contributed by atoms with Crippen LogP contribution in [0, 0.1) is 6.92 Å². The van der Waals surface area contributed by atoms with Crippen LogP contribution in [0.25, 0.3) is 11.0 Å². The van der Waals surface area contributed by atoms with Crippen LogP contribution in [0.5, 0.6) is 5.75 Å². The third-order valence-electron chi connectivity index (χ3n) is 6.79. The lowest BCUT2D eigenvalue weighted by molar-refractivity contribution is 0.0953. The van der Waals surface area contributed by atoms with E-state index in [0.717, 1.165) is 55.7 Å². The number of aromatic nitrogens is 2. The zero-order chi connectivity index (χ0) is 26.9. The number of amides is 1. The molecule has 1 amide bonds. The lowest BCUT2D eigenvalue weighted by Gasteiger charge is -2.15. The Balaban J connectivity index is 1.28. The third kappa shape index (κ3) is 7.16. The molecule has 0 bridgehead atoms. The number of nitrogens with one attached hydrogen (secondary N) is 1. The topological polar surface area (TPSA) is 56.1 Å². The summed E-state index contributed by atoms with van der Waals surface area (Å²) in [6.07, 6.45) is 4.76. The standard InChI is InChI=1S/C32H38ClN3O2/c1-23(2)25-18-17-24(3)22-30(25)38-21-11-20-36-29-15-9-8-14-28(29)35-31(36)16-5-4-10-19-34-32(37)26-12-6-7-13-27(26)33/h6-9,12-15,17-18,22-23H,4-5,10-11,16,19-21H2,1-3H3,(H,34,37). The first-order valence-electron chi connectivity index (χ1n) is 13.6. The van der Waals surface area contributed by atoms with Gasteiger partial charge in [0.2, 0.25) is 0 Å². The van der Waals surface area contributed by atoms with E-state index in [1.54, 1.807) is 12.1 Å². The molecule has 0 aliphatic heterocycles. The van der Waals surface area contributed by atoms with Gasteiger partial charge in [-0.15, -0.1) is 0 Å². The van der Waals surface area contributed by atoms with Crippen molar-refractivity contribution in [2.75, 3.05) is 13.2 Å². The first kappa shape index (κ1) is 27.7. The molecular formula is C32H38ClN3O2. The first-order chi connectivity index (χ1) is 18.4. The summed E-state index contributed by atoms with van der Waals surface area (Å²) in [4.78, 5) is 17.3. The number of carbonyl (C=O) groups is 1. The summed E-state index contributed by atoms with van der Waals surface area (Å²) in [5.74, 6) is 2.42. The quantitative estimate of drug-likeness (QED) is 0.179. The normalized spacial score (nSPS) is 11.3. The number of para-hydroxylation sites is 2. The molecule has 38 heavy (non-hydrogen) atoms. The van der Waals surface area contributed by atoms with Gasteiger partial charge in [0.1, 0.15) is 11.6 Å². The molecule has 4 aromatic rings. The molecule has 6 heteroatoms. The number of aryl methyl sites for hydroxylation is 3. The van der Waals surface area contributed by atoms with E-state index >= 15 is 0 Å². The van der Waals surface area contributed by atoms with E-state index in [-0.39, 0.29) is 5.91 Å². The average molecular weight is 532 g/mol. The Morgan fingerprint density at radius 1 is 1.00 bits per heavy atom. The number of fused-ring (bicyclic) bond motifs is 1. The molecule has 0 aliphatic carbocycles. The maximum atomic E-state index is 12.3. The van der Waals surface area contributed by atoms with Crippen molar-refractivity contribution in [1.29, 1.82) is 0 Å². The average Bonchev–Trinajstić information content (AvgIpc) is 3.25. The van der Waals surface area contributed by atoms with E-state index in [4.69, 9.17) is 21.3 Å². The number of unbranched alkanes of at least 4 members (excludes halogenated alkanes) is 2. The zero-order valence-electron chi connectivity index (χ0n) is 22.7. The molecule has 3 aromatic carbocycles. The van der Waals surface area contributed by atoms with Gasteiger partial charge in [0.15, 0.2) is 0 Å². The minimum absolute atomic E-state index is 0.120. The second-order valence-corrected chi connectivity index (χ2v) is 10.5. The Hall–Kier alpha value is -3.31. The second-order valence-electron chi connectivity index (χ2n) is 10.1. The number of rotatable bonds is 13. The highest BCUT2D eigenvalue weighted by atomic mass is 35.5. The summed E-state index contributed by atoms with van der Waals surface area (Å²) in [5, 5.41) is 3.46. The van der Waals surface area contributed by atoms with Crippen LogP contribution in [-0.4, -0.2) is 28.6 Å². The maximum absolute atomic E-state index is 12.3. The fourth-order valence-corrected chi connectivity index (χ4v) is 4.96. The molecule has 0 spiro atoms. The van der Waals surface area contributed by atoms with Crippen LogP contribution in [0.3, 0.4) is 0 Å². The smallest absolute Gasteiger partial charge is 0.252 e. The summed E-state index contributed by atoms with van der Waals surface area (Å²) in [6, 6.07) is 22.0. The van der Waals surface area contributed by atoms with E-state index in [0.29, 0.717) is 29.7 Å². The molecule has 0 aliphatic rings. The number of halogens is 1. The maximum Gasteiger partial charge on any atom is 0.252 e. The van der Waals surface area contributed by atoms with E-state index < -0.39 is 0 Å². The van der Waals surface area contributed by atoms with Gasteiger partial charge in [-0.1, -0.05) is 68.3 Å². The predicted octanol–water partition coefficient (Wildman–Crippen LogP) is 7.73. The Morgan fingerprint density at radius 2 is 1.79 bits per heavy atom. The minimum atomic E-state index is -0.120. The highest BCUT2D eigenvalue weighted by Crippen LogP contribution is 2.28. The summed E-state index contributed by atoms with van der Waals surface area (Å²) >= 11 is 6.12. The predicted molar refractivity (Wildman–Crippen MR) is 156 cm³/mol. The summed E-state index contributed by atoms with van der Waals surface area (Å²) in [7, 11) is 0. The van der Waals surface area contributed by atoms with E-state index in [1.165, 1.54) is 16.6 Å². The number of hydrogen-bond acceptors (Lipinski definition) is 3. The number of nitrogens with zero attached hydrogens (tertiary/aromatic N) is 2. The van der Waals surface area contributed by atoms with Crippen molar-refractivity contribution in [3.8, 4) is 5.75 Å². The van der Waals surface area contributed by atoms with Gasteiger partial charge in [0, 0.05) is 19.5 Å². The molecule has 0 saturated heterocycles. The van der Waals surface area contributed by atoms with Gasteiger partial charge in [-0.25, -0.2) is 4.98 Å². The van der Waals surface area contributed by atoms with Crippen molar-refractivity contribution in [3.05, 3.63) is 94.3 Å². The Kier molecular flexibility index (Phi) is 9.83. The molecular weight excluding hydrogens is 494 g/mol. The van der Waals surface area contributed by atoms with Gasteiger partial charge in [-0.05, 0) is 73.6 Å². The fourth-order valence-electron chi connectivity index (χ4n) is 4.74. The number of benzene rings is 3. The SMILES string of the molecule is Cc1ccc(C(C)C)c(OCCCn2c(CCCCCNC(=O)c3ccccc3Cl)nc3ccccc32)c1. The number of hydrogen-bond donors (Lipinski definition) is 1. The monoisotopic (exact) mass is 531 g/mol. The van der Waals surface area contributed by atoms with Crippen LogP contribution in [-0.2, 0) is 13.0 Å². The van der Waals surface area contributed by atoms with Crippen molar-refractivity contribution in [3.63, 3.8) is 0 Å². The second kappa shape index (κ2) is 13.5. The van der Waals surface area contributed by atoms with Crippen molar-refractivity contribution >= 4 is 28.5 Å². The van der Waals surface area contributed by atoms with Crippen molar-refractivity contribution in [2.45, 2.75) is 65.3 Å². The third-order valence-corrected chi connectivity index (χ3v) is 7.12. The van der Waals surface area contributed by atoms with Crippen LogP contribution in [0.15, 0.2) is 66.7 Å². The fraction of sp³-hybridized carbons (Fsp3) is 0.375. The van der Waals surface area contributed by atoms with E-state index in [1.807, 2.05) is 18.2 Å². The first-order valence-corrected chi connectivity index (χ1v) is 14.0. The summed E-state index contributed by atoms with van der Waals surface area (Å²) in [5.41, 5.74) is 5.21. The highest BCUT2D eigenvalue weighted by Gasteiger charge is 2.12. The molecule has 0 atom stereocenters. The van der Waals surface area contributed by atoms with E-state index in [9.17, 15) is 4.79 Å². The summed E-state index contributed by atoms with van der Waals surface area (Å²) < 4.78 is 8.58. The van der Waals surface area contributed by atoms with Gasteiger partial charge in [0.05, 0.1) is 28.2 Å². The molecule has 0 unspecified atom stereocenters. The van der Waals surface area contributed by atoms with Gasteiger partial charge < -0.3 is 14.6 Å². The largest absolute Gasteiger partial charge is 0.493 e. The lowest BCUT2D eigenvalue weighted by atomic mass is 10.0. The van der Waals surface area contributed by atoms with Crippen molar-refractivity contribution in [1.82, 2.24) is 14.9 Å². The van der Waals surface area contributed by atoms with Gasteiger partial charge >= 0.3 is 0 Å². The van der Waals surface area contributed by atoms with Crippen LogP contribution < -0.4 is 10.1 Å². The van der Waals surface area contributed by atoms with Gasteiger partial charge in [-0.3, -0.25) is 4.79 Å². The van der Waals surface area contributed by atoms with Crippen LogP contribution >= 0.6 is 11.6 Å². The molecule has 1 N–H and O–H groups in total. The van der Waals surface area contributed by atoms with Crippen LogP contribution in [0.4, 0.5) is 0 Å². The minimum Gasteiger partial charge on any atom is -0.493 e. The molecule has 5 nitrogen and oxygen atoms in total. The van der Waals surface area contributed by atoms with Crippen molar-refractivity contribution in [2.24, 2.45) is 0 Å². The zero-order valence-corrected chi connectivity index (χ0v) is 23.4. The summed E-state index contributed by atoms with van der Waals surface area (Å²) in [6.45, 7) is 8.68. The van der Waals surface area contributed by atoms with Crippen molar-refractivity contribution < 1.29 is 9.53 Å².